The van der Waals surface area contributed by atoms with Crippen LogP contribution in [-0.2, 0) is 21.4 Å². The summed E-state index contributed by atoms with van der Waals surface area (Å²) in [5.74, 6) is -1.81. The van der Waals surface area contributed by atoms with Crippen molar-refractivity contribution >= 4 is 39.2 Å². The summed E-state index contributed by atoms with van der Waals surface area (Å²) in [5.41, 5.74) is 0.210. The number of rotatable bonds is 8. The molecule has 2 aromatic carbocycles. The van der Waals surface area contributed by atoms with Gasteiger partial charge in [-0.2, -0.15) is 4.72 Å². The molecule has 1 atom stereocenters. The molecular formula is C19H17ClN4O5S. The SMILES string of the molecule is O=C(O)c1cccc(NC(=O)C(Cn2ccnc2)NS(=O)(=O)c2ccc(Cl)cc2)c1. The lowest BCUT2D eigenvalue weighted by atomic mass is 10.2. The lowest BCUT2D eigenvalue weighted by Crippen LogP contribution is -2.46. The molecule has 1 aromatic heterocycles. The summed E-state index contributed by atoms with van der Waals surface area (Å²) in [7, 11) is -4.04. The summed E-state index contributed by atoms with van der Waals surface area (Å²) in [6, 6.07) is 9.95. The van der Waals surface area contributed by atoms with E-state index in [-0.39, 0.29) is 22.7 Å². The number of amides is 1. The minimum atomic E-state index is -4.04. The number of carboxylic acids is 1. The zero-order chi connectivity index (χ0) is 21.7. The first-order chi connectivity index (χ1) is 14.2. The van der Waals surface area contributed by atoms with E-state index in [4.69, 9.17) is 16.7 Å². The molecule has 1 amide bonds. The quantitative estimate of drug-likeness (QED) is 0.484. The number of aromatic nitrogens is 2. The first-order valence-electron chi connectivity index (χ1n) is 8.62. The molecule has 0 saturated carbocycles. The maximum Gasteiger partial charge on any atom is 0.335 e. The summed E-state index contributed by atoms with van der Waals surface area (Å²) in [6.45, 7) is -0.0305. The largest absolute Gasteiger partial charge is 0.478 e. The molecule has 0 saturated heterocycles. The Morgan fingerprint density at radius 1 is 1.17 bits per heavy atom. The Labute approximate surface area is 177 Å². The third-order valence-electron chi connectivity index (χ3n) is 4.07. The van der Waals surface area contributed by atoms with Crippen LogP contribution in [0, 0.1) is 0 Å². The van der Waals surface area contributed by atoms with Gasteiger partial charge in [-0.05, 0) is 42.5 Å². The fourth-order valence-corrected chi connectivity index (χ4v) is 3.92. The van der Waals surface area contributed by atoms with Crippen molar-refractivity contribution in [2.24, 2.45) is 0 Å². The van der Waals surface area contributed by atoms with E-state index in [1.165, 1.54) is 61.1 Å². The Bertz CT molecular complexity index is 1150. The number of nitrogens with one attached hydrogen (secondary N) is 2. The number of halogens is 1. The van der Waals surface area contributed by atoms with Crippen LogP contribution in [0.4, 0.5) is 5.69 Å². The normalized spacial score (nSPS) is 12.3. The molecule has 3 N–H and O–H groups in total. The Balaban J connectivity index is 1.84. The van der Waals surface area contributed by atoms with Crippen LogP contribution < -0.4 is 10.0 Å². The third kappa shape index (κ3) is 5.44. The average molecular weight is 449 g/mol. The van der Waals surface area contributed by atoms with Crippen molar-refractivity contribution in [2.45, 2.75) is 17.5 Å². The topological polar surface area (TPSA) is 130 Å². The summed E-state index contributed by atoms with van der Waals surface area (Å²) < 4.78 is 29.4. The van der Waals surface area contributed by atoms with Crippen molar-refractivity contribution in [3.63, 3.8) is 0 Å². The van der Waals surface area contributed by atoms with Gasteiger partial charge in [0, 0.05) is 29.6 Å². The smallest absolute Gasteiger partial charge is 0.335 e. The molecule has 0 spiro atoms. The van der Waals surface area contributed by atoms with Gasteiger partial charge in [0.2, 0.25) is 15.9 Å². The molecule has 30 heavy (non-hydrogen) atoms. The number of benzene rings is 2. The number of carbonyl (C=O) groups excluding carboxylic acids is 1. The Morgan fingerprint density at radius 3 is 2.53 bits per heavy atom. The van der Waals surface area contributed by atoms with Gasteiger partial charge in [0.05, 0.1) is 16.8 Å². The third-order valence-corrected chi connectivity index (χ3v) is 5.81. The molecule has 0 bridgehead atoms. The van der Waals surface area contributed by atoms with E-state index in [0.717, 1.165) is 0 Å². The van der Waals surface area contributed by atoms with E-state index in [0.29, 0.717) is 5.02 Å². The van der Waals surface area contributed by atoms with Crippen molar-refractivity contribution in [1.29, 1.82) is 0 Å². The second-order valence-electron chi connectivity index (χ2n) is 6.26. The Hall–Kier alpha value is -3.21. The number of carboxylic acid groups (broad SMARTS) is 1. The Morgan fingerprint density at radius 2 is 1.90 bits per heavy atom. The van der Waals surface area contributed by atoms with Crippen molar-refractivity contribution in [3.8, 4) is 0 Å². The van der Waals surface area contributed by atoms with Gasteiger partial charge in [0.15, 0.2) is 0 Å². The molecule has 1 heterocycles. The molecule has 3 rings (SSSR count). The number of anilines is 1. The molecule has 9 nitrogen and oxygen atoms in total. The number of aromatic carboxylic acids is 1. The summed E-state index contributed by atoms with van der Waals surface area (Å²) in [6.07, 6.45) is 4.53. The minimum Gasteiger partial charge on any atom is -0.478 e. The molecular weight excluding hydrogens is 432 g/mol. The monoisotopic (exact) mass is 448 g/mol. The van der Waals surface area contributed by atoms with Crippen LogP contribution in [0.5, 0.6) is 0 Å². The second kappa shape index (κ2) is 9.08. The van der Waals surface area contributed by atoms with E-state index in [1.54, 1.807) is 10.8 Å². The fraction of sp³-hybridized carbons (Fsp3) is 0.105. The zero-order valence-electron chi connectivity index (χ0n) is 15.4. The maximum atomic E-state index is 12.8. The van der Waals surface area contributed by atoms with Gasteiger partial charge < -0.3 is 15.0 Å². The first-order valence-corrected chi connectivity index (χ1v) is 10.5. The number of hydrogen-bond donors (Lipinski definition) is 3. The highest BCUT2D eigenvalue weighted by Gasteiger charge is 2.26. The van der Waals surface area contributed by atoms with Crippen LogP contribution in [0.25, 0.3) is 0 Å². The molecule has 0 fully saturated rings. The van der Waals surface area contributed by atoms with Gasteiger partial charge >= 0.3 is 5.97 Å². The molecule has 0 radical (unpaired) electrons. The maximum absolute atomic E-state index is 12.8. The van der Waals surface area contributed by atoms with Crippen LogP contribution in [0.1, 0.15) is 10.4 Å². The van der Waals surface area contributed by atoms with Crippen LogP contribution in [-0.4, -0.2) is 41.0 Å². The van der Waals surface area contributed by atoms with Crippen LogP contribution in [0.3, 0.4) is 0 Å². The first kappa shape index (κ1) is 21.5. The number of carbonyl (C=O) groups is 2. The number of nitrogens with zero attached hydrogens (tertiary/aromatic N) is 2. The standard InChI is InChI=1S/C19H17ClN4O5S/c20-14-4-6-16(7-5-14)30(28,29)23-17(11-24-9-8-21-12-24)18(25)22-15-3-1-2-13(10-15)19(26)27/h1-10,12,17,23H,11H2,(H,22,25)(H,26,27). The van der Waals surface area contributed by atoms with E-state index in [9.17, 15) is 18.0 Å². The zero-order valence-corrected chi connectivity index (χ0v) is 17.0. The van der Waals surface area contributed by atoms with Crippen molar-refractivity contribution in [2.75, 3.05) is 5.32 Å². The van der Waals surface area contributed by atoms with Gasteiger partial charge in [0.25, 0.3) is 0 Å². The van der Waals surface area contributed by atoms with Gasteiger partial charge in [-0.25, -0.2) is 18.2 Å². The minimum absolute atomic E-state index is 0.0132. The van der Waals surface area contributed by atoms with E-state index in [1.807, 2.05) is 0 Å². The molecule has 0 aliphatic rings. The molecule has 3 aromatic rings. The van der Waals surface area contributed by atoms with Crippen molar-refractivity contribution < 1.29 is 23.1 Å². The van der Waals surface area contributed by atoms with E-state index >= 15 is 0 Å². The molecule has 11 heteroatoms. The molecule has 0 aliphatic carbocycles. The second-order valence-corrected chi connectivity index (χ2v) is 8.41. The van der Waals surface area contributed by atoms with Crippen molar-refractivity contribution in [3.05, 3.63) is 77.8 Å². The predicted octanol–water partition coefficient (Wildman–Crippen LogP) is 2.22. The van der Waals surface area contributed by atoms with E-state index in [2.05, 4.69) is 15.0 Å². The highest BCUT2D eigenvalue weighted by Crippen LogP contribution is 2.16. The summed E-state index contributed by atoms with van der Waals surface area (Å²) in [5, 5.41) is 12.0. The summed E-state index contributed by atoms with van der Waals surface area (Å²) in [4.78, 5) is 27.8. The lowest BCUT2D eigenvalue weighted by molar-refractivity contribution is -0.118. The van der Waals surface area contributed by atoms with Crippen molar-refractivity contribution in [1.82, 2.24) is 14.3 Å². The fourth-order valence-electron chi connectivity index (χ4n) is 2.61. The average Bonchev–Trinajstić information content (AvgIpc) is 3.21. The highest BCUT2D eigenvalue weighted by molar-refractivity contribution is 7.89. The van der Waals surface area contributed by atoms with E-state index < -0.39 is 27.9 Å². The number of imidazole rings is 1. The van der Waals surface area contributed by atoms with Crippen LogP contribution in [0.2, 0.25) is 5.02 Å². The molecule has 156 valence electrons. The molecule has 1 unspecified atom stereocenters. The number of sulfonamides is 1. The van der Waals surface area contributed by atoms with Gasteiger partial charge in [-0.1, -0.05) is 17.7 Å². The van der Waals surface area contributed by atoms with Gasteiger partial charge in [-0.15, -0.1) is 0 Å². The Kier molecular flexibility index (Phi) is 6.50. The predicted molar refractivity (Wildman–Crippen MR) is 110 cm³/mol. The van der Waals surface area contributed by atoms with Gasteiger partial charge in [-0.3, -0.25) is 4.79 Å². The van der Waals surface area contributed by atoms with Gasteiger partial charge in [0.1, 0.15) is 6.04 Å². The highest BCUT2D eigenvalue weighted by atomic mass is 35.5. The summed E-state index contributed by atoms with van der Waals surface area (Å²) >= 11 is 5.81. The lowest BCUT2D eigenvalue weighted by Gasteiger charge is -2.19. The molecule has 0 aliphatic heterocycles. The number of hydrogen-bond acceptors (Lipinski definition) is 5. The van der Waals surface area contributed by atoms with Crippen LogP contribution >= 0.6 is 11.6 Å². The van der Waals surface area contributed by atoms with Crippen LogP contribution in [0.15, 0.2) is 72.1 Å².